The predicted molar refractivity (Wildman–Crippen MR) is 79.4 cm³/mol. The quantitative estimate of drug-likeness (QED) is 0.934. The van der Waals surface area contributed by atoms with E-state index in [-0.39, 0.29) is 14.9 Å². The molecule has 7 heteroatoms. The van der Waals surface area contributed by atoms with Crippen molar-refractivity contribution >= 4 is 33.2 Å². The van der Waals surface area contributed by atoms with Crippen LogP contribution in [0.4, 0.5) is 0 Å². The van der Waals surface area contributed by atoms with E-state index in [9.17, 15) is 8.42 Å². The second-order valence-corrected chi connectivity index (χ2v) is 6.82. The smallest absolute Gasteiger partial charge is 0.241 e. The van der Waals surface area contributed by atoms with Crippen molar-refractivity contribution in [3.8, 4) is 0 Å². The van der Waals surface area contributed by atoms with Crippen molar-refractivity contribution in [1.82, 2.24) is 9.71 Å². The minimum atomic E-state index is -3.70. The van der Waals surface area contributed by atoms with Crippen molar-refractivity contribution in [1.29, 1.82) is 0 Å². The second kappa shape index (κ2) is 6.10. The van der Waals surface area contributed by atoms with Crippen molar-refractivity contribution in [2.24, 2.45) is 0 Å². The summed E-state index contributed by atoms with van der Waals surface area (Å²) in [4.78, 5) is 3.99. The van der Waals surface area contributed by atoms with Crippen LogP contribution in [0.1, 0.15) is 18.5 Å². The molecule has 2 rings (SSSR count). The first-order valence-corrected chi connectivity index (χ1v) is 8.01. The molecule has 20 heavy (non-hydrogen) atoms. The number of hydrogen-bond acceptors (Lipinski definition) is 3. The van der Waals surface area contributed by atoms with E-state index in [0.717, 1.165) is 5.56 Å². The molecule has 2 aromatic rings. The summed E-state index contributed by atoms with van der Waals surface area (Å²) in [6.45, 7) is 1.74. The molecule has 0 bridgehead atoms. The van der Waals surface area contributed by atoms with Crippen LogP contribution in [-0.2, 0) is 10.0 Å². The normalized spacial score (nSPS) is 13.2. The minimum Gasteiger partial charge on any atom is -0.264 e. The monoisotopic (exact) mass is 330 g/mol. The van der Waals surface area contributed by atoms with Crippen molar-refractivity contribution < 1.29 is 8.42 Å². The summed E-state index contributed by atoms with van der Waals surface area (Å²) < 4.78 is 27.1. The first kappa shape index (κ1) is 15.3. The molecule has 0 saturated carbocycles. The summed E-state index contributed by atoms with van der Waals surface area (Å²) in [5.74, 6) is 0. The molecule has 1 aromatic carbocycles. The van der Waals surface area contributed by atoms with Gasteiger partial charge in [0.15, 0.2) is 0 Å². The third-order valence-electron chi connectivity index (χ3n) is 2.66. The van der Waals surface area contributed by atoms with E-state index in [2.05, 4.69) is 9.71 Å². The number of nitrogens with zero attached hydrogens (tertiary/aromatic N) is 1. The molecule has 0 aliphatic carbocycles. The number of pyridine rings is 1. The Morgan fingerprint density at radius 3 is 2.40 bits per heavy atom. The van der Waals surface area contributed by atoms with Crippen LogP contribution >= 0.6 is 23.2 Å². The lowest BCUT2D eigenvalue weighted by Crippen LogP contribution is -2.27. The molecule has 1 atom stereocenters. The van der Waals surface area contributed by atoms with Crippen LogP contribution < -0.4 is 4.72 Å². The number of sulfonamides is 1. The summed E-state index contributed by atoms with van der Waals surface area (Å²) in [6.07, 6.45) is 3.24. The van der Waals surface area contributed by atoms with Crippen molar-refractivity contribution in [3.05, 3.63) is 58.3 Å². The van der Waals surface area contributed by atoms with Gasteiger partial charge in [-0.2, -0.15) is 0 Å². The van der Waals surface area contributed by atoms with Gasteiger partial charge >= 0.3 is 0 Å². The molecule has 4 nitrogen and oxygen atoms in total. The molecule has 106 valence electrons. The Kier molecular flexibility index (Phi) is 4.65. The summed E-state index contributed by atoms with van der Waals surface area (Å²) >= 11 is 11.6. The van der Waals surface area contributed by atoms with Gasteiger partial charge in [0.25, 0.3) is 0 Å². The van der Waals surface area contributed by atoms with E-state index in [1.165, 1.54) is 18.2 Å². The third-order valence-corrected chi connectivity index (χ3v) is 4.62. The van der Waals surface area contributed by atoms with Gasteiger partial charge in [0.1, 0.15) is 0 Å². The minimum absolute atomic E-state index is 0.0331. The molecule has 0 aliphatic rings. The lowest BCUT2D eigenvalue weighted by Gasteiger charge is -2.14. The van der Waals surface area contributed by atoms with Gasteiger partial charge in [-0.1, -0.05) is 29.3 Å². The summed E-state index contributed by atoms with van der Waals surface area (Å²) in [6, 6.07) is 7.32. The summed E-state index contributed by atoms with van der Waals surface area (Å²) in [5, 5.41) is 0.541. The van der Waals surface area contributed by atoms with Crippen LogP contribution in [0.25, 0.3) is 0 Å². The SMILES string of the molecule is CC(NS(=O)(=O)c1cc(Cl)cc(Cl)c1)c1cccnc1. The van der Waals surface area contributed by atoms with Crippen LogP contribution in [0.3, 0.4) is 0 Å². The van der Waals surface area contributed by atoms with Crippen molar-refractivity contribution in [3.63, 3.8) is 0 Å². The molecule has 1 heterocycles. The van der Waals surface area contributed by atoms with E-state index in [1.807, 2.05) is 0 Å². The Morgan fingerprint density at radius 2 is 1.85 bits per heavy atom. The Hall–Kier alpha value is -1.14. The molecular formula is C13H12Cl2N2O2S. The molecular weight excluding hydrogens is 319 g/mol. The Morgan fingerprint density at radius 1 is 1.20 bits per heavy atom. The van der Waals surface area contributed by atoms with Crippen LogP contribution in [0.5, 0.6) is 0 Å². The predicted octanol–water partition coefficient (Wildman–Crippen LogP) is 3.43. The van der Waals surface area contributed by atoms with Gasteiger partial charge in [-0.25, -0.2) is 13.1 Å². The zero-order valence-corrected chi connectivity index (χ0v) is 12.9. The van der Waals surface area contributed by atoms with Gasteiger partial charge in [-0.3, -0.25) is 4.98 Å². The number of aromatic nitrogens is 1. The zero-order valence-electron chi connectivity index (χ0n) is 10.5. The molecule has 0 fully saturated rings. The van der Waals surface area contributed by atoms with Crippen molar-refractivity contribution in [2.75, 3.05) is 0 Å². The van der Waals surface area contributed by atoms with Crippen LogP contribution in [-0.4, -0.2) is 13.4 Å². The molecule has 0 radical (unpaired) electrons. The Balaban J connectivity index is 2.27. The van der Waals surface area contributed by atoms with E-state index in [0.29, 0.717) is 0 Å². The Bertz CT molecular complexity index is 685. The molecule has 0 aliphatic heterocycles. The molecule has 0 saturated heterocycles. The molecule has 1 aromatic heterocycles. The highest BCUT2D eigenvalue weighted by atomic mass is 35.5. The summed E-state index contributed by atoms with van der Waals surface area (Å²) in [5.41, 5.74) is 0.768. The van der Waals surface area contributed by atoms with E-state index in [4.69, 9.17) is 23.2 Å². The van der Waals surface area contributed by atoms with Crippen molar-refractivity contribution in [2.45, 2.75) is 17.9 Å². The highest BCUT2D eigenvalue weighted by Crippen LogP contribution is 2.23. The van der Waals surface area contributed by atoms with Gasteiger partial charge < -0.3 is 0 Å². The zero-order chi connectivity index (χ0) is 14.8. The standard InChI is InChI=1S/C13H12Cl2N2O2S/c1-9(10-3-2-4-16-8-10)17-20(18,19)13-6-11(14)5-12(15)7-13/h2-9,17H,1H3. The van der Waals surface area contributed by atoms with E-state index in [1.54, 1.807) is 31.5 Å². The number of benzene rings is 1. The molecule has 1 unspecified atom stereocenters. The highest BCUT2D eigenvalue weighted by Gasteiger charge is 2.19. The fourth-order valence-corrected chi connectivity index (χ4v) is 3.64. The fraction of sp³-hybridized carbons (Fsp3) is 0.154. The maximum atomic E-state index is 12.3. The first-order chi connectivity index (χ1) is 9.38. The number of hydrogen-bond donors (Lipinski definition) is 1. The van der Waals surface area contributed by atoms with Crippen LogP contribution in [0.15, 0.2) is 47.6 Å². The molecule has 0 spiro atoms. The van der Waals surface area contributed by atoms with Gasteiger partial charge in [-0.15, -0.1) is 0 Å². The largest absolute Gasteiger partial charge is 0.264 e. The van der Waals surface area contributed by atoms with Gasteiger partial charge in [0.05, 0.1) is 4.90 Å². The van der Waals surface area contributed by atoms with Gasteiger partial charge in [-0.05, 0) is 36.8 Å². The fourth-order valence-electron chi connectivity index (χ4n) is 1.68. The molecule has 0 amide bonds. The highest BCUT2D eigenvalue weighted by molar-refractivity contribution is 7.89. The Labute approximate surface area is 127 Å². The van der Waals surface area contributed by atoms with Gasteiger partial charge in [0, 0.05) is 28.5 Å². The van der Waals surface area contributed by atoms with E-state index >= 15 is 0 Å². The van der Waals surface area contributed by atoms with Crippen LogP contribution in [0.2, 0.25) is 10.0 Å². The van der Waals surface area contributed by atoms with Crippen LogP contribution in [0, 0.1) is 0 Å². The lowest BCUT2D eigenvalue weighted by molar-refractivity contribution is 0.566. The average Bonchev–Trinajstić information content (AvgIpc) is 2.38. The maximum absolute atomic E-state index is 12.3. The summed E-state index contributed by atoms with van der Waals surface area (Å²) in [7, 11) is -3.70. The average molecular weight is 331 g/mol. The molecule has 1 N–H and O–H groups in total. The number of halogens is 2. The lowest BCUT2D eigenvalue weighted by atomic mass is 10.2. The first-order valence-electron chi connectivity index (χ1n) is 5.77. The number of nitrogens with one attached hydrogen (secondary N) is 1. The second-order valence-electron chi connectivity index (χ2n) is 4.23. The van der Waals surface area contributed by atoms with E-state index < -0.39 is 16.1 Å². The number of rotatable bonds is 4. The topological polar surface area (TPSA) is 59.1 Å². The van der Waals surface area contributed by atoms with Gasteiger partial charge in [0.2, 0.25) is 10.0 Å². The third kappa shape index (κ3) is 3.70. The maximum Gasteiger partial charge on any atom is 0.241 e.